The van der Waals surface area contributed by atoms with Crippen molar-refractivity contribution in [3.63, 3.8) is 0 Å². The highest BCUT2D eigenvalue weighted by atomic mass is 32.2. The van der Waals surface area contributed by atoms with Gasteiger partial charge in [0, 0.05) is 6.04 Å². The van der Waals surface area contributed by atoms with Gasteiger partial charge in [-0.05, 0) is 49.2 Å². The van der Waals surface area contributed by atoms with Gasteiger partial charge in [-0.25, -0.2) is 4.98 Å². The number of nitrogens with one attached hydrogen (secondary N) is 1. The van der Waals surface area contributed by atoms with Gasteiger partial charge in [-0.15, -0.1) is 0 Å². The molecule has 7 heteroatoms. The Hall–Kier alpha value is -3.58. The maximum Gasteiger partial charge on any atom is 0.262 e. The molecule has 0 spiro atoms. The average molecular weight is 472 g/mol. The minimum atomic E-state index is -0.186. The Morgan fingerprint density at radius 1 is 0.971 bits per heavy atom. The molecule has 1 amide bonds. The molecule has 1 N–H and O–H groups in total. The molecule has 6 nitrogen and oxygen atoms in total. The molecule has 34 heavy (non-hydrogen) atoms. The molecule has 0 radical (unpaired) electrons. The normalized spacial score (nSPS) is 13.8. The summed E-state index contributed by atoms with van der Waals surface area (Å²) in [6.45, 7) is 0. The first-order chi connectivity index (χ1) is 16.7. The highest BCUT2D eigenvalue weighted by Gasteiger charge is 2.23. The van der Waals surface area contributed by atoms with Crippen molar-refractivity contribution in [1.82, 2.24) is 9.55 Å². The van der Waals surface area contributed by atoms with E-state index in [4.69, 9.17) is 9.72 Å². The number of carbonyl (C=O) groups excluding carboxylic acids is 1. The third kappa shape index (κ3) is 4.84. The Balaban J connectivity index is 1.35. The predicted octanol–water partition coefficient (Wildman–Crippen LogP) is 6.03. The first kappa shape index (κ1) is 22.2. The number of hydrogen-bond acceptors (Lipinski definition) is 5. The molecule has 172 valence electrons. The molecule has 1 heterocycles. The Kier molecular flexibility index (Phi) is 6.62. The first-order valence-electron chi connectivity index (χ1n) is 11.4. The molecule has 0 aliphatic heterocycles. The first-order valence-corrected chi connectivity index (χ1v) is 12.4. The summed E-state index contributed by atoms with van der Waals surface area (Å²) in [5.41, 5.74) is 1.23. The lowest BCUT2D eigenvalue weighted by atomic mass is 10.2. The number of amides is 1. The second-order valence-electron chi connectivity index (χ2n) is 8.27. The van der Waals surface area contributed by atoms with Crippen LogP contribution in [0.25, 0.3) is 10.9 Å². The van der Waals surface area contributed by atoms with Gasteiger partial charge < -0.3 is 10.1 Å². The van der Waals surface area contributed by atoms with Crippen LogP contribution in [0.4, 0.5) is 5.69 Å². The summed E-state index contributed by atoms with van der Waals surface area (Å²) >= 11 is 1.30. The maximum absolute atomic E-state index is 13.3. The number of para-hydroxylation sites is 4. The fraction of sp³-hybridized carbons (Fsp3) is 0.222. The lowest BCUT2D eigenvalue weighted by molar-refractivity contribution is -0.113. The summed E-state index contributed by atoms with van der Waals surface area (Å²) in [4.78, 5) is 30.9. The predicted molar refractivity (Wildman–Crippen MR) is 136 cm³/mol. The van der Waals surface area contributed by atoms with Crippen LogP contribution in [0.2, 0.25) is 0 Å². The van der Waals surface area contributed by atoms with Gasteiger partial charge in [0.15, 0.2) is 10.9 Å². The third-order valence-corrected chi connectivity index (χ3v) is 6.88. The number of hydrogen-bond donors (Lipinski definition) is 1. The van der Waals surface area contributed by atoms with E-state index in [0.717, 1.165) is 25.7 Å². The van der Waals surface area contributed by atoms with Crippen LogP contribution in [0, 0.1) is 0 Å². The van der Waals surface area contributed by atoms with Crippen LogP contribution in [-0.4, -0.2) is 21.2 Å². The number of ether oxygens (including phenoxy) is 1. The largest absolute Gasteiger partial charge is 0.455 e. The topological polar surface area (TPSA) is 73.2 Å². The molecule has 1 saturated carbocycles. The summed E-state index contributed by atoms with van der Waals surface area (Å²) in [6, 6.07) is 24.3. The monoisotopic (exact) mass is 471 g/mol. The van der Waals surface area contributed by atoms with E-state index in [1.54, 1.807) is 4.57 Å². The molecule has 0 saturated heterocycles. The van der Waals surface area contributed by atoms with Crippen LogP contribution in [0.15, 0.2) is 88.8 Å². The summed E-state index contributed by atoms with van der Waals surface area (Å²) in [5, 5.41) is 4.16. The molecule has 5 rings (SSSR count). The van der Waals surface area contributed by atoms with E-state index in [-0.39, 0.29) is 23.3 Å². The van der Waals surface area contributed by atoms with E-state index >= 15 is 0 Å². The lowest BCUT2D eigenvalue weighted by Crippen LogP contribution is -2.27. The molecule has 1 aromatic heterocycles. The van der Waals surface area contributed by atoms with Crippen LogP contribution in [0.5, 0.6) is 11.5 Å². The Morgan fingerprint density at radius 2 is 1.68 bits per heavy atom. The number of nitrogens with zero attached hydrogens (tertiary/aromatic N) is 2. The van der Waals surface area contributed by atoms with Gasteiger partial charge in [0.1, 0.15) is 5.75 Å². The van der Waals surface area contributed by atoms with Gasteiger partial charge in [-0.1, -0.05) is 67.1 Å². The van der Waals surface area contributed by atoms with Gasteiger partial charge in [0.25, 0.3) is 5.56 Å². The molecule has 0 unspecified atom stereocenters. The zero-order valence-electron chi connectivity index (χ0n) is 18.6. The number of rotatable bonds is 7. The smallest absolute Gasteiger partial charge is 0.262 e. The van der Waals surface area contributed by atoms with E-state index in [0.29, 0.717) is 33.2 Å². The number of fused-ring (bicyclic) bond motifs is 1. The summed E-state index contributed by atoms with van der Waals surface area (Å²) in [5.74, 6) is 1.21. The van der Waals surface area contributed by atoms with Crippen LogP contribution < -0.4 is 15.6 Å². The number of anilines is 1. The SMILES string of the molecule is O=C(CSc1nc2ccccc2c(=O)n1C1CCCC1)Nc1ccccc1Oc1ccccc1. The summed E-state index contributed by atoms with van der Waals surface area (Å²) < 4.78 is 7.75. The lowest BCUT2D eigenvalue weighted by Gasteiger charge is -2.18. The second-order valence-corrected chi connectivity index (χ2v) is 9.22. The molecule has 1 aliphatic carbocycles. The minimum Gasteiger partial charge on any atom is -0.455 e. The van der Waals surface area contributed by atoms with Gasteiger partial charge in [0.2, 0.25) is 5.91 Å². The fourth-order valence-corrected chi connectivity index (χ4v) is 5.17. The Morgan fingerprint density at radius 3 is 2.50 bits per heavy atom. The Labute approximate surface area is 202 Å². The number of thioether (sulfide) groups is 1. The van der Waals surface area contributed by atoms with Crippen molar-refractivity contribution >= 4 is 34.3 Å². The van der Waals surface area contributed by atoms with Crippen molar-refractivity contribution in [3.8, 4) is 11.5 Å². The Bertz CT molecular complexity index is 1360. The van der Waals surface area contributed by atoms with E-state index < -0.39 is 0 Å². The van der Waals surface area contributed by atoms with Crippen LogP contribution in [0.3, 0.4) is 0 Å². The van der Waals surface area contributed by atoms with Crippen molar-refractivity contribution < 1.29 is 9.53 Å². The van der Waals surface area contributed by atoms with Crippen LogP contribution >= 0.6 is 11.8 Å². The fourth-order valence-electron chi connectivity index (χ4n) is 4.30. The molecular formula is C27H25N3O3S. The molecule has 1 fully saturated rings. The van der Waals surface area contributed by atoms with Crippen molar-refractivity contribution in [1.29, 1.82) is 0 Å². The van der Waals surface area contributed by atoms with Gasteiger partial charge in [-0.2, -0.15) is 0 Å². The maximum atomic E-state index is 13.3. The highest BCUT2D eigenvalue weighted by molar-refractivity contribution is 7.99. The zero-order valence-corrected chi connectivity index (χ0v) is 19.5. The highest BCUT2D eigenvalue weighted by Crippen LogP contribution is 2.33. The van der Waals surface area contributed by atoms with Crippen LogP contribution in [-0.2, 0) is 4.79 Å². The summed E-state index contributed by atoms with van der Waals surface area (Å²) in [6.07, 6.45) is 4.13. The van der Waals surface area contributed by atoms with E-state index in [1.807, 2.05) is 78.9 Å². The second kappa shape index (κ2) is 10.1. The molecule has 0 atom stereocenters. The van der Waals surface area contributed by atoms with E-state index in [9.17, 15) is 9.59 Å². The number of benzene rings is 3. The van der Waals surface area contributed by atoms with Crippen molar-refractivity contribution in [2.75, 3.05) is 11.1 Å². The van der Waals surface area contributed by atoms with Gasteiger partial charge in [-0.3, -0.25) is 14.2 Å². The third-order valence-electron chi connectivity index (χ3n) is 5.93. The van der Waals surface area contributed by atoms with Crippen molar-refractivity contribution in [3.05, 3.63) is 89.2 Å². The van der Waals surface area contributed by atoms with E-state index in [2.05, 4.69) is 5.32 Å². The average Bonchev–Trinajstić information content (AvgIpc) is 3.39. The van der Waals surface area contributed by atoms with Crippen molar-refractivity contribution in [2.45, 2.75) is 36.9 Å². The molecule has 3 aromatic carbocycles. The van der Waals surface area contributed by atoms with E-state index in [1.165, 1.54) is 11.8 Å². The summed E-state index contributed by atoms with van der Waals surface area (Å²) in [7, 11) is 0. The number of carbonyl (C=O) groups is 1. The molecule has 0 bridgehead atoms. The zero-order chi connectivity index (χ0) is 23.3. The van der Waals surface area contributed by atoms with Crippen LogP contribution in [0.1, 0.15) is 31.7 Å². The molecular weight excluding hydrogens is 446 g/mol. The van der Waals surface area contributed by atoms with Gasteiger partial charge in [0.05, 0.1) is 22.3 Å². The molecule has 1 aliphatic rings. The van der Waals surface area contributed by atoms with Gasteiger partial charge >= 0.3 is 0 Å². The number of aromatic nitrogens is 2. The van der Waals surface area contributed by atoms with Crippen molar-refractivity contribution in [2.24, 2.45) is 0 Å². The molecule has 4 aromatic rings. The minimum absolute atomic E-state index is 0.0259. The quantitative estimate of drug-likeness (QED) is 0.263. The standard InChI is InChI=1S/C27H25N3O3S/c31-25(28-23-16-8-9-17-24(23)33-20-12-2-1-3-13-20)18-34-27-29-22-15-7-6-14-21(22)26(32)30(27)19-10-4-5-11-19/h1-3,6-9,12-17,19H,4-5,10-11,18H2,(H,28,31).